The Kier molecular flexibility index (Phi) is 8.55. The van der Waals surface area contributed by atoms with Crippen molar-refractivity contribution in [2.75, 3.05) is 5.73 Å². The maximum Gasteiger partial charge on any atom is 0.267 e. The van der Waals surface area contributed by atoms with Gasteiger partial charge in [-0.3, -0.25) is 14.2 Å². The van der Waals surface area contributed by atoms with Crippen molar-refractivity contribution in [1.29, 1.82) is 0 Å². The first kappa shape index (κ1) is 29.5. The van der Waals surface area contributed by atoms with Crippen LogP contribution in [0.3, 0.4) is 0 Å². The first-order valence-electron chi connectivity index (χ1n) is 14.2. The molecule has 0 radical (unpaired) electrons. The number of hydrogen-bond donors (Lipinski definition) is 2. The minimum atomic E-state index is -0.694. The summed E-state index contributed by atoms with van der Waals surface area (Å²) in [7, 11) is 1.65. The van der Waals surface area contributed by atoms with E-state index in [1.165, 1.54) is 21.5 Å². The molecule has 0 saturated carbocycles. The molecule has 3 unspecified atom stereocenters. The standard InChI is InChI=1S/C33H35N7O3/c1-6-17-35-31-28(29(34)38-39(31)5)32(41)36-22(4)30-37-26-14-10-11-24(16-15-23-18-20(2)43-21(3)19-23)27(26)33(42)40(30)25-12-8-7-9-13-25/h6-14,17,20-23H,1,18-19H2,2-5H3,(H2,34,38)(H,36,41)/b35-17-. The van der Waals surface area contributed by atoms with Crippen LogP contribution < -0.4 is 16.6 Å². The molecule has 4 aromatic rings. The molecular formula is C33H35N7O3. The number of aliphatic imine (C=N–C) groups is 1. The fourth-order valence-electron chi connectivity index (χ4n) is 5.53. The highest BCUT2D eigenvalue weighted by atomic mass is 16.5. The third kappa shape index (κ3) is 6.12. The van der Waals surface area contributed by atoms with Gasteiger partial charge in [-0.15, -0.1) is 0 Å². The summed E-state index contributed by atoms with van der Waals surface area (Å²) >= 11 is 0. The molecule has 3 atom stereocenters. The Hall–Kier alpha value is -5.01. The summed E-state index contributed by atoms with van der Waals surface area (Å²) in [5.74, 6) is 7.01. The fraction of sp³-hybridized carbons (Fsp3) is 0.303. The second-order valence-electron chi connectivity index (χ2n) is 10.8. The number of benzene rings is 2. The van der Waals surface area contributed by atoms with Gasteiger partial charge in [0.05, 0.1) is 34.8 Å². The van der Waals surface area contributed by atoms with E-state index < -0.39 is 11.9 Å². The number of nitrogen functional groups attached to an aromatic ring is 1. The number of aryl methyl sites for hydroxylation is 1. The molecule has 43 heavy (non-hydrogen) atoms. The summed E-state index contributed by atoms with van der Waals surface area (Å²) in [6.45, 7) is 9.51. The van der Waals surface area contributed by atoms with Crippen LogP contribution in [0.4, 0.5) is 11.6 Å². The Labute approximate surface area is 250 Å². The molecule has 1 aliphatic heterocycles. The van der Waals surface area contributed by atoms with Gasteiger partial charge >= 0.3 is 0 Å². The third-order valence-electron chi connectivity index (χ3n) is 7.35. The molecular weight excluding hydrogens is 542 g/mol. The number of carbonyl (C=O) groups is 1. The summed E-state index contributed by atoms with van der Waals surface area (Å²) in [5.41, 5.74) is 7.65. The van der Waals surface area contributed by atoms with Crippen LogP contribution in [0.15, 0.2) is 71.0 Å². The smallest absolute Gasteiger partial charge is 0.267 e. The van der Waals surface area contributed by atoms with Crippen LogP contribution in [0.25, 0.3) is 16.6 Å². The second-order valence-corrected chi connectivity index (χ2v) is 10.8. The molecule has 220 valence electrons. The van der Waals surface area contributed by atoms with Crippen molar-refractivity contribution >= 4 is 34.7 Å². The summed E-state index contributed by atoms with van der Waals surface area (Å²) < 4.78 is 8.81. The van der Waals surface area contributed by atoms with Crippen molar-refractivity contribution in [2.45, 2.75) is 51.9 Å². The van der Waals surface area contributed by atoms with Gasteiger partial charge in [0.25, 0.3) is 11.5 Å². The molecule has 2 aromatic heterocycles. The van der Waals surface area contributed by atoms with Gasteiger partial charge in [-0.2, -0.15) is 5.10 Å². The third-order valence-corrected chi connectivity index (χ3v) is 7.35. The fourth-order valence-corrected chi connectivity index (χ4v) is 5.53. The first-order valence-corrected chi connectivity index (χ1v) is 14.2. The van der Waals surface area contributed by atoms with Crippen molar-refractivity contribution in [3.05, 3.63) is 88.5 Å². The van der Waals surface area contributed by atoms with E-state index in [4.69, 9.17) is 15.5 Å². The zero-order valence-corrected chi connectivity index (χ0v) is 24.7. The largest absolute Gasteiger partial charge is 0.381 e. The number of rotatable bonds is 6. The lowest BCUT2D eigenvalue weighted by atomic mass is 9.93. The maximum absolute atomic E-state index is 14.3. The quantitative estimate of drug-likeness (QED) is 0.254. The Morgan fingerprint density at radius 2 is 1.91 bits per heavy atom. The van der Waals surface area contributed by atoms with E-state index in [0.29, 0.717) is 28.0 Å². The van der Waals surface area contributed by atoms with Gasteiger partial charge in [-0.05, 0) is 57.9 Å². The molecule has 2 aromatic carbocycles. The summed E-state index contributed by atoms with van der Waals surface area (Å²) in [6.07, 6.45) is 4.92. The highest BCUT2D eigenvalue weighted by Crippen LogP contribution is 2.27. The van der Waals surface area contributed by atoms with Crippen molar-refractivity contribution in [1.82, 2.24) is 24.6 Å². The predicted molar refractivity (Wildman–Crippen MR) is 169 cm³/mol. The summed E-state index contributed by atoms with van der Waals surface area (Å²) in [5, 5.41) is 7.51. The van der Waals surface area contributed by atoms with Gasteiger partial charge in [0, 0.05) is 24.7 Å². The topological polar surface area (TPSA) is 129 Å². The van der Waals surface area contributed by atoms with Crippen LogP contribution in [-0.4, -0.2) is 43.7 Å². The molecule has 0 spiro atoms. The Balaban J connectivity index is 1.59. The number of nitrogens with zero attached hydrogens (tertiary/aromatic N) is 5. The van der Waals surface area contributed by atoms with Crippen molar-refractivity contribution < 1.29 is 9.53 Å². The molecule has 0 aliphatic carbocycles. The SMILES string of the molecule is C=C/C=N\c1c(C(=O)NC(C)c2nc3cccc(C#CC4CC(C)OC(C)C4)c3c(=O)n2-c2ccccc2)c(N)nn1C. The number of nitrogens with one attached hydrogen (secondary N) is 1. The Morgan fingerprint density at radius 3 is 2.60 bits per heavy atom. The maximum atomic E-state index is 14.3. The van der Waals surface area contributed by atoms with E-state index in [1.54, 1.807) is 20.0 Å². The highest BCUT2D eigenvalue weighted by molar-refractivity contribution is 6.03. The summed E-state index contributed by atoms with van der Waals surface area (Å²) in [4.78, 5) is 36.9. The average Bonchev–Trinajstić information content (AvgIpc) is 3.26. The van der Waals surface area contributed by atoms with Gasteiger partial charge in [-0.1, -0.05) is 48.8 Å². The van der Waals surface area contributed by atoms with Crippen molar-refractivity contribution in [3.63, 3.8) is 0 Å². The minimum Gasteiger partial charge on any atom is -0.381 e. The van der Waals surface area contributed by atoms with Crippen molar-refractivity contribution in [2.24, 2.45) is 18.0 Å². The van der Waals surface area contributed by atoms with E-state index in [0.717, 1.165) is 12.8 Å². The monoisotopic (exact) mass is 577 g/mol. The molecule has 1 aliphatic rings. The number of ether oxygens (including phenoxy) is 1. The molecule has 10 heteroatoms. The zero-order chi connectivity index (χ0) is 30.7. The number of amides is 1. The number of hydrogen-bond acceptors (Lipinski definition) is 7. The molecule has 5 rings (SSSR count). The van der Waals surface area contributed by atoms with Crippen LogP contribution in [-0.2, 0) is 11.8 Å². The normalized spacial score (nSPS) is 19.1. The second kappa shape index (κ2) is 12.5. The van der Waals surface area contributed by atoms with Crippen LogP contribution in [0.2, 0.25) is 0 Å². The highest BCUT2D eigenvalue weighted by Gasteiger charge is 2.26. The molecule has 1 saturated heterocycles. The number of allylic oxidation sites excluding steroid dienone is 1. The zero-order valence-electron chi connectivity index (χ0n) is 24.7. The minimum absolute atomic E-state index is 0.0341. The molecule has 3 heterocycles. The number of nitrogens with two attached hydrogens (primary N) is 1. The van der Waals surface area contributed by atoms with Crippen LogP contribution >= 0.6 is 0 Å². The lowest BCUT2D eigenvalue weighted by molar-refractivity contribution is -0.0419. The lowest BCUT2D eigenvalue weighted by Crippen LogP contribution is -2.33. The molecule has 10 nitrogen and oxygen atoms in total. The first-order chi connectivity index (χ1) is 20.7. The molecule has 1 fully saturated rings. The number of aromatic nitrogens is 4. The average molecular weight is 578 g/mol. The number of para-hydroxylation sites is 1. The van der Waals surface area contributed by atoms with Gasteiger partial charge in [0.15, 0.2) is 11.6 Å². The van der Waals surface area contributed by atoms with E-state index in [1.807, 2.05) is 42.5 Å². The van der Waals surface area contributed by atoms with Crippen LogP contribution in [0.1, 0.15) is 61.4 Å². The van der Waals surface area contributed by atoms with E-state index in [-0.39, 0.29) is 40.9 Å². The van der Waals surface area contributed by atoms with Gasteiger partial charge < -0.3 is 15.8 Å². The number of carbonyl (C=O) groups excluding carboxylic acids is 1. The molecule has 1 amide bonds. The van der Waals surface area contributed by atoms with Crippen molar-refractivity contribution in [3.8, 4) is 17.5 Å². The van der Waals surface area contributed by atoms with Gasteiger partial charge in [-0.25, -0.2) is 14.7 Å². The Morgan fingerprint density at radius 1 is 1.19 bits per heavy atom. The van der Waals surface area contributed by atoms with Crippen LogP contribution in [0, 0.1) is 17.8 Å². The van der Waals surface area contributed by atoms with E-state index in [9.17, 15) is 9.59 Å². The lowest BCUT2D eigenvalue weighted by Gasteiger charge is -2.29. The van der Waals surface area contributed by atoms with E-state index >= 15 is 0 Å². The summed E-state index contributed by atoms with van der Waals surface area (Å²) in [6, 6.07) is 14.0. The van der Waals surface area contributed by atoms with Crippen LogP contribution in [0.5, 0.6) is 0 Å². The predicted octanol–water partition coefficient (Wildman–Crippen LogP) is 4.64. The molecule has 3 N–H and O–H groups in total. The van der Waals surface area contributed by atoms with Gasteiger partial charge in [0.2, 0.25) is 0 Å². The number of fused-ring (bicyclic) bond motifs is 1. The van der Waals surface area contributed by atoms with E-state index in [2.05, 4.69) is 47.7 Å². The van der Waals surface area contributed by atoms with Gasteiger partial charge in [0.1, 0.15) is 11.4 Å². The Bertz CT molecular complexity index is 1820. The molecule has 0 bridgehead atoms. The number of anilines is 1.